The van der Waals surface area contributed by atoms with Gasteiger partial charge in [0.05, 0.1) is 22.9 Å². The molecule has 3 aromatic rings. The van der Waals surface area contributed by atoms with Crippen molar-refractivity contribution in [3.8, 4) is 0 Å². The molecule has 3 rings (SSSR count). The highest BCUT2D eigenvalue weighted by Crippen LogP contribution is 2.28. The van der Waals surface area contributed by atoms with Crippen LogP contribution in [0.2, 0.25) is 5.02 Å². The van der Waals surface area contributed by atoms with Gasteiger partial charge >= 0.3 is 0 Å². The third-order valence-corrected chi connectivity index (χ3v) is 6.13. The number of nitrogens with zero attached hydrogens (tertiary/aromatic N) is 4. The van der Waals surface area contributed by atoms with E-state index in [-0.39, 0.29) is 23.4 Å². The Morgan fingerprint density at radius 2 is 1.81 bits per heavy atom. The SMILES string of the molecule is CCC(C(=O)N(CCN(C)C)C(C)c1nc2ccc(Cl)cc2c(=O)n1C)c1ccccc1. The van der Waals surface area contributed by atoms with Gasteiger partial charge < -0.3 is 9.80 Å². The molecular weight excluding hydrogens is 424 g/mol. The molecule has 0 aliphatic carbocycles. The molecule has 0 radical (unpaired) electrons. The lowest BCUT2D eigenvalue weighted by molar-refractivity contribution is -0.135. The summed E-state index contributed by atoms with van der Waals surface area (Å²) < 4.78 is 1.53. The number of carbonyl (C=O) groups is 1. The number of carbonyl (C=O) groups excluding carboxylic acids is 1. The molecule has 0 saturated carbocycles. The van der Waals surface area contributed by atoms with Gasteiger partial charge in [-0.25, -0.2) is 4.98 Å². The molecule has 2 atom stereocenters. The molecule has 0 N–H and O–H groups in total. The van der Waals surface area contributed by atoms with Gasteiger partial charge in [0, 0.05) is 25.2 Å². The Bertz CT molecular complexity index is 1140. The van der Waals surface area contributed by atoms with Gasteiger partial charge in [-0.05, 0) is 51.2 Å². The molecule has 1 heterocycles. The number of hydrogen-bond acceptors (Lipinski definition) is 4. The number of rotatable bonds is 8. The Morgan fingerprint density at radius 1 is 1.12 bits per heavy atom. The van der Waals surface area contributed by atoms with Gasteiger partial charge in [0.25, 0.3) is 5.56 Å². The minimum absolute atomic E-state index is 0.0403. The summed E-state index contributed by atoms with van der Waals surface area (Å²) in [7, 11) is 5.66. The van der Waals surface area contributed by atoms with E-state index >= 15 is 0 Å². The van der Waals surface area contributed by atoms with E-state index in [0.717, 1.165) is 5.56 Å². The van der Waals surface area contributed by atoms with Crippen LogP contribution in [0.5, 0.6) is 0 Å². The summed E-state index contributed by atoms with van der Waals surface area (Å²) in [6, 6.07) is 14.6. The van der Waals surface area contributed by atoms with Crippen LogP contribution in [0, 0.1) is 0 Å². The normalized spacial score (nSPS) is 13.3. The highest BCUT2D eigenvalue weighted by Gasteiger charge is 2.30. The van der Waals surface area contributed by atoms with Gasteiger partial charge in [0.2, 0.25) is 5.91 Å². The van der Waals surface area contributed by atoms with Crippen molar-refractivity contribution in [1.29, 1.82) is 0 Å². The second kappa shape index (κ2) is 10.3. The van der Waals surface area contributed by atoms with Gasteiger partial charge in [-0.1, -0.05) is 48.9 Å². The first-order valence-corrected chi connectivity index (χ1v) is 11.3. The molecule has 2 aromatic carbocycles. The number of amides is 1. The van der Waals surface area contributed by atoms with Gasteiger partial charge in [-0.15, -0.1) is 0 Å². The highest BCUT2D eigenvalue weighted by molar-refractivity contribution is 6.31. The lowest BCUT2D eigenvalue weighted by Gasteiger charge is -2.33. The van der Waals surface area contributed by atoms with E-state index in [0.29, 0.717) is 41.3 Å². The Balaban J connectivity index is 2.05. The highest BCUT2D eigenvalue weighted by atomic mass is 35.5. The van der Waals surface area contributed by atoms with Crippen LogP contribution >= 0.6 is 11.6 Å². The number of benzene rings is 2. The summed E-state index contributed by atoms with van der Waals surface area (Å²) in [6.07, 6.45) is 0.691. The molecule has 0 bridgehead atoms. The Kier molecular flexibility index (Phi) is 7.69. The van der Waals surface area contributed by atoms with Crippen molar-refractivity contribution in [2.24, 2.45) is 7.05 Å². The fourth-order valence-corrected chi connectivity index (χ4v) is 4.19. The zero-order chi connectivity index (χ0) is 23.4. The molecule has 1 amide bonds. The Labute approximate surface area is 194 Å². The standard InChI is InChI=1S/C25H31ClN4O2/c1-6-20(18-10-8-7-9-11-18)25(32)30(15-14-28(3)4)17(2)23-27-22-13-12-19(26)16-21(22)24(31)29(23)5/h7-13,16-17,20H,6,14-15H2,1-5H3. The Hall–Kier alpha value is -2.70. The summed E-state index contributed by atoms with van der Waals surface area (Å²) in [5, 5.41) is 0.964. The molecule has 2 unspecified atom stereocenters. The molecule has 32 heavy (non-hydrogen) atoms. The predicted octanol–water partition coefficient (Wildman–Crippen LogP) is 4.23. The molecule has 7 heteroatoms. The average molecular weight is 455 g/mol. The van der Waals surface area contributed by atoms with Crippen molar-refractivity contribution in [2.75, 3.05) is 27.2 Å². The van der Waals surface area contributed by atoms with Crippen molar-refractivity contribution in [1.82, 2.24) is 19.4 Å². The molecule has 0 aliphatic rings. The van der Waals surface area contributed by atoms with Crippen molar-refractivity contribution < 1.29 is 4.79 Å². The molecule has 0 saturated heterocycles. The summed E-state index contributed by atoms with van der Waals surface area (Å²) in [5.41, 5.74) is 1.40. The number of hydrogen-bond donors (Lipinski definition) is 0. The van der Waals surface area contributed by atoms with Crippen LogP contribution in [0.25, 0.3) is 10.9 Å². The van der Waals surface area contributed by atoms with Gasteiger partial charge in [0.15, 0.2) is 0 Å². The minimum Gasteiger partial charge on any atom is -0.331 e. The summed E-state index contributed by atoms with van der Waals surface area (Å²) >= 11 is 6.08. The van der Waals surface area contributed by atoms with Crippen LogP contribution < -0.4 is 5.56 Å². The van der Waals surface area contributed by atoms with Crippen molar-refractivity contribution in [3.05, 3.63) is 75.3 Å². The maximum absolute atomic E-state index is 13.8. The van der Waals surface area contributed by atoms with Crippen molar-refractivity contribution in [3.63, 3.8) is 0 Å². The number of halogens is 1. The van der Waals surface area contributed by atoms with Crippen LogP contribution in [-0.2, 0) is 11.8 Å². The van der Waals surface area contributed by atoms with Crippen LogP contribution in [0.15, 0.2) is 53.3 Å². The lowest BCUT2D eigenvalue weighted by atomic mass is 9.94. The Morgan fingerprint density at radius 3 is 2.44 bits per heavy atom. The second-order valence-corrected chi connectivity index (χ2v) is 8.81. The predicted molar refractivity (Wildman–Crippen MR) is 130 cm³/mol. The van der Waals surface area contributed by atoms with Crippen LogP contribution in [0.1, 0.15) is 43.6 Å². The maximum Gasteiger partial charge on any atom is 0.261 e. The summed E-state index contributed by atoms with van der Waals surface area (Å²) in [5.74, 6) is 0.343. The van der Waals surface area contributed by atoms with E-state index in [9.17, 15) is 9.59 Å². The largest absolute Gasteiger partial charge is 0.331 e. The first kappa shape index (κ1) is 24.0. The molecular formula is C25H31ClN4O2. The third kappa shape index (κ3) is 5.03. The van der Waals surface area contributed by atoms with Crippen molar-refractivity contribution in [2.45, 2.75) is 32.2 Å². The smallest absolute Gasteiger partial charge is 0.261 e. The zero-order valence-corrected chi connectivity index (χ0v) is 20.1. The molecule has 170 valence electrons. The number of aromatic nitrogens is 2. The van der Waals surface area contributed by atoms with Gasteiger partial charge in [-0.3, -0.25) is 14.2 Å². The number of likely N-dealkylation sites (N-methyl/N-ethyl adjacent to an activating group) is 1. The van der Waals surface area contributed by atoms with Gasteiger partial charge in [0.1, 0.15) is 5.82 Å². The third-order valence-electron chi connectivity index (χ3n) is 5.89. The summed E-state index contributed by atoms with van der Waals surface area (Å²) in [4.78, 5) is 35.5. The number of fused-ring (bicyclic) bond motifs is 1. The maximum atomic E-state index is 13.8. The van der Waals surface area contributed by atoms with Crippen LogP contribution in [0.3, 0.4) is 0 Å². The van der Waals surface area contributed by atoms with Crippen molar-refractivity contribution >= 4 is 28.4 Å². The fourth-order valence-electron chi connectivity index (χ4n) is 4.01. The second-order valence-electron chi connectivity index (χ2n) is 8.38. The molecule has 0 fully saturated rings. The zero-order valence-electron chi connectivity index (χ0n) is 19.4. The first-order valence-electron chi connectivity index (χ1n) is 10.9. The molecule has 0 spiro atoms. The van der Waals surface area contributed by atoms with E-state index in [1.165, 1.54) is 4.57 Å². The minimum atomic E-state index is -0.377. The van der Waals surface area contributed by atoms with E-state index in [2.05, 4.69) is 0 Å². The first-order chi connectivity index (χ1) is 15.2. The monoisotopic (exact) mass is 454 g/mol. The lowest BCUT2D eigenvalue weighted by Crippen LogP contribution is -2.42. The van der Waals surface area contributed by atoms with Crippen LogP contribution in [0.4, 0.5) is 0 Å². The van der Waals surface area contributed by atoms with E-state index < -0.39 is 0 Å². The summed E-state index contributed by atoms with van der Waals surface area (Å²) in [6.45, 7) is 5.20. The molecule has 0 aliphatic heterocycles. The molecule has 6 nitrogen and oxygen atoms in total. The van der Waals surface area contributed by atoms with Gasteiger partial charge in [-0.2, -0.15) is 0 Å². The van der Waals surface area contributed by atoms with Crippen LogP contribution in [-0.4, -0.2) is 52.4 Å². The van der Waals surface area contributed by atoms with E-state index in [1.54, 1.807) is 25.2 Å². The average Bonchev–Trinajstić information content (AvgIpc) is 2.77. The van der Waals surface area contributed by atoms with E-state index in [1.807, 2.05) is 68.1 Å². The topological polar surface area (TPSA) is 58.4 Å². The van der Waals surface area contributed by atoms with E-state index in [4.69, 9.17) is 16.6 Å². The molecule has 1 aromatic heterocycles. The fraction of sp³-hybridized carbons (Fsp3) is 0.400. The quantitative estimate of drug-likeness (QED) is 0.511.